The molecule has 3 nitrogen and oxygen atoms in total. The van der Waals surface area contributed by atoms with E-state index in [-0.39, 0.29) is 0 Å². The highest BCUT2D eigenvalue weighted by atomic mass is 15.0. The van der Waals surface area contributed by atoms with Crippen LogP contribution in [0.15, 0.2) is 183 Å². The van der Waals surface area contributed by atoms with Crippen LogP contribution in [-0.2, 0) is 6.42 Å². The summed E-state index contributed by atoms with van der Waals surface area (Å²) in [4.78, 5) is 9.38. The van der Waals surface area contributed by atoms with Crippen molar-refractivity contribution in [3.63, 3.8) is 0 Å². The normalized spacial score (nSPS) is 12.5. The Kier molecular flexibility index (Phi) is 7.31. The molecule has 0 amide bonds. The molecule has 0 unspecified atom stereocenters. The van der Waals surface area contributed by atoms with Crippen molar-refractivity contribution in [2.75, 3.05) is 0 Å². The van der Waals surface area contributed by atoms with Gasteiger partial charge in [-0.2, -0.15) is 0 Å². The predicted molar refractivity (Wildman–Crippen MR) is 230 cm³/mol. The number of para-hydroxylation sites is 1. The summed E-state index contributed by atoms with van der Waals surface area (Å²) in [6.45, 7) is 0. The van der Waals surface area contributed by atoms with E-state index in [0.717, 1.165) is 40.7 Å². The number of aromatic nitrogens is 3. The minimum Gasteiger partial charge on any atom is -0.308 e. The summed E-state index contributed by atoms with van der Waals surface area (Å²) in [6.07, 6.45) is 14.6. The van der Waals surface area contributed by atoms with Crippen molar-refractivity contribution in [2.45, 2.75) is 12.8 Å². The molecule has 55 heavy (non-hydrogen) atoms. The zero-order chi connectivity index (χ0) is 36.3. The Morgan fingerprint density at radius 1 is 0.455 bits per heavy atom. The number of hydrogen-bond acceptors (Lipinski definition) is 2. The first-order valence-corrected chi connectivity index (χ1v) is 19.0. The molecule has 0 aliphatic heterocycles. The zero-order valence-electron chi connectivity index (χ0n) is 30.2. The summed E-state index contributed by atoms with van der Waals surface area (Å²) in [5.74, 6) is 0. The van der Waals surface area contributed by atoms with Gasteiger partial charge in [0.05, 0.1) is 17.2 Å². The highest BCUT2D eigenvalue weighted by molar-refractivity contribution is 6.14. The quantitative estimate of drug-likeness (QED) is 0.179. The molecule has 10 aromatic rings. The maximum absolute atomic E-state index is 4.89. The van der Waals surface area contributed by atoms with Crippen LogP contribution in [0.3, 0.4) is 0 Å². The van der Waals surface area contributed by atoms with Crippen LogP contribution in [0.5, 0.6) is 0 Å². The van der Waals surface area contributed by atoms with Crippen LogP contribution in [-0.4, -0.2) is 14.5 Å². The van der Waals surface area contributed by atoms with Gasteiger partial charge in [0.25, 0.3) is 0 Å². The maximum Gasteiger partial charge on any atom is 0.0724 e. The number of pyridine rings is 2. The van der Waals surface area contributed by atoms with Crippen molar-refractivity contribution in [3.05, 3.63) is 194 Å². The Labute approximate surface area is 319 Å². The van der Waals surface area contributed by atoms with E-state index in [1.807, 2.05) is 24.8 Å². The fraction of sp³-hybridized carbons (Fsp3) is 0.0385. The topological polar surface area (TPSA) is 30.7 Å². The van der Waals surface area contributed by atoms with Crippen molar-refractivity contribution in [1.29, 1.82) is 0 Å². The summed E-state index contributed by atoms with van der Waals surface area (Å²) < 4.78 is 2.31. The van der Waals surface area contributed by atoms with Crippen LogP contribution in [0, 0.1) is 0 Å². The number of rotatable bonds is 5. The van der Waals surface area contributed by atoms with Crippen molar-refractivity contribution in [2.24, 2.45) is 0 Å². The molecule has 258 valence electrons. The number of benzene rings is 7. The highest BCUT2D eigenvalue weighted by Gasteiger charge is 2.23. The van der Waals surface area contributed by atoms with Crippen LogP contribution in [0.25, 0.3) is 99.6 Å². The molecule has 1 aliphatic rings. The smallest absolute Gasteiger partial charge is 0.0724 e. The monoisotopic (exact) mass is 701 g/mol. The van der Waals surface area contributed by atoms with E-state index in [0.29, 0.717) is 0 Å². The third kappa shape index (κ3) is 5.12. The molecule has 3 heteroatoms. The first-order chi connectivity index (χ1) is 27.3. The van der Waals surface area contributed by atoms with Gasteiger partial charge in [-0.15, -0.1) is 0 Å². The third-order valence-electron chi connectivity index (χ3n) is 11.4. The molecule has 0 saturated heterocycles. The lowest BCUT2D eigenvalue weighted by molar-refractivity contribution is 0.991. The Hall–Kier alpha value is -7.10. The molecule has 3 heterocycles. The molecule has 0 saturated carbocycles. The number of nitrogens with zero attached hydrogens (tertiary/aromatic N) is 3. The minimum atomic E-state index is 1.00. The molecular formula is C52H35N3. The average Bonchev–Trinajstić information content (AvgIpc) is 3.59. The minimum absolute atomic E-state index is 1.00. The van der Waals surface area contributed by atoms with Crippen LogP contribution in [0.2, 0.25) is 0 Å². The lowest BCUT2D eigenvalue weighted by Crippen LogP contribution is -2.03. The van der Waals surface area contributed by atoms with Crippen molar-refractivity contribution >= 4 is 49.4 Å². The van der Waals surface area contributed by atoms with Gasteiger partial charge in [0.15, 0.2) is 0 Å². The SMILES string of the molecule is C1=Cc2c(c(-c3cccc4ccccc34)c3ccccc3c2-c2cncc(-c3cccc(-c4ccc5c(c4)c4ccncc4n5-c4ccccc4)c3)c2)CC1. The molecule has 0 fully saturated rings. The van der Waals surface area contributed by atoms with Gasteiger partial charge in [-0.3, -0.25) is 9.97 Å². The van der Waals surface area contributed by atoms with Gasteiger partial charge in [0, 0.05) is 46.2 Å². The Morgan fingerprint density at radius 3 is 2.05 bits per heavy atom. The lowest BCUT2D eigenvalue weighted by atomic mass is 9.79. The fourth-order valence-corrected chi connectivity index (χ4v) is 8.96. The van der Waals surface area contributed by atoms with E-state index in [4.69, 9.17) is 4.98 Å². The van der Waals surface area contributed by atoms with Gasteiger partial charge in [-0.1, -0.05) is 121 Å². The van der Waals surface area contributed by atoms with E-state index in [2.05, 4.69) is 173 Å². The van der Waals surface area contributed by atoms with E-state index in [1.165, 1.54) is 76.8 Å². The molecule has 0 atom stereocenters. The van der Waals surface area contributed by atoms with E-state index in [1.54, 1.807) is 0 Å². The Balaban J connectivity index is 1.05. The van der Waals surface area contributed by atoms with Crippen LogP contribution in [0.4, 0.5) is 0 Å². The zero-order valence-corrected chi connectivity index (χ0v) is 30.2. The molecular weight excluding hydrogens is 667 g/mol. The highest BCUT2D eigenvalue weighted by Crippen LogP contribution is 2.46. The van der Waals surface area contributed by atoms with Crippen molar-refractivity contribution in [1.82, 2.24) is 14.5 Å². The predicted octanol–water partition coefficient (Wildman–Crippen LogP) is 13.5. The van der Waals surface area contributed by atoms with E-state index >= 15 is 0 Å². The lowest BCUT2D eigenvalue weighted by Gasteiger charge is -2.24. The fourth-order valence-electron chi connectivity index (χ4n) is 8.96. The Bertz CT molecular complexity index is 3150. The van der Waals surface area contributed by atoms with Crippen LogP contribution < -0.4 is 0 Å². The first kappa shape index (κ1) is 31.4. The van der Waals surface area contributed by atoms with Gasteiger partial charge in [0.1, 0.15) is 0 Å². The van der Waals surface area contributed by atoms with Gasteiger partial charge in [-0.25, -0.2) is 0 Å². The van der Waals surface area contributed by atoms with Gasteiger partial charge < -0.3 is 4.57 Å². The summed E-state index contributed by atoms with van der Waals surface area (Å²) in [7, 11) is 0. The van der Waals surface area contributed by atoms with Gasteiger partial charge in [0.2, 0.25) is 0 Å². The number of fused-ring (bicyclic) bond motifs is 6. The molecule has 7 aromatic carbocycles. The third-order valence-corrected chi connectivity index (χ3v) is 11.4. The van der Waals surface area contributed by atoms with Crippen molar-refractivity contribution in [3.8, 4) is 50.2 Å². The number of hydrogen-bond donors (Lipinski definition) is 0. The molecule has 0 radical (unpaired) electrons. The average molecular weight is 702 g/mol. The molecule has 0 bridgehead atoms. The standard InChI is InChI=1S/C52H35N3/c1-2-16-40(17-3-1)55-49-25-24-37(30-48(49)42-26-27-53-33-50(42)55)35-14-10-15-36(28-35)38-29-39(32-54-31-38)51-44-19-6-8-21-46(44)52(47-22-9-7-20-45(47)51)43-23-11-13-34-12-4-5-18-41(34)43/h1-8,10-21,23-33H,9,22H2. The van der Waals surface area contributed by atoms with Gasteiger partial charge in [-0.05, 0) is 121 Å². The second kappa shape index (κ2) is 12.8. The maximum atomic E-state index is 4.89. The summed E-state index contributed by atoms with van der Waals surface area (Å²) in [6, 6.07) is 55.1. The van der Waals surface area contributed by atoms with E-state index in [9.17, 15) is 0 Å². The first-order valence-electron chi connectivity index (χ1n) is 19.0. The van der Waals surface area contributed by atoms with E-state index < -0.39 is 0 Å². The molecule has 3 aromatic heterocycles. The second-order valence-corrected chi connectivity index (χ2v) is 14.5. The molecule has 11 rings (SSSR count). The summed E-state index contributed by atoms with van der Waals surface area (Å²) >= 11 is 0. The molecule has 0 N–H and O–H groups in total. The summed E-state index contributed by atoms with van der Waals surface area (Å²) in [5.41, 5.74) is 15.8. The molecule has 0 spiro atoms. The largest absolute Gasteiger partial charge is 0.308 e. The Morgan fingerprint density at radius 2 is 1.16 bits per heavy atom. The van der Waals surface area contributed by atoms with Crippen molar-refractivity contribution < 1.29 is 0 Å². The summed E-state index contributed by atoms with van der Waals surface area (Å²) in [5, 5.41) is 7.51. The van der Waals surface area contributed by atoms with Gasteiger partial charge >= 0.3 is 0 Å². The van der Waals surface area contributed by atoms with Crippen LogP contribution in [0.1, 0.15) is 17.5 Å². The second-order valence-electron chi connectivity index (χ2n) is 14.5. The molecule has 1 aliphatic carbocycles. The van der Waals surface area contributed by atoms with Crippen LogP contribution >= 0.6 is 0 Å². The number of allylic oxidation sites excluding steroid dienone is 1.